The molecule has 0 aromatic heterocycles. The van der Waals surface area contributed by atoms with E-state index >= 15 is 0 Å². The van der Waals surface area contributed by atoms with Gasteiger partial charge in [0.15, 0.2) is 6.61 Å². The fourth-order valence-corrected chi connectivity index (χ4v) is 1.24. The lowest BCUT2D eigenvalue weighted by molar-refractivity contribution is -0.124. The Kier molecular flexibility index (Phi) is 5.80. The highest BCUT2D eigenvalue weighted by atomic mass is 35.5. The van der Waals surface area contributed by atoms with Crippen LogP contribution in [0.3, 0.4) is 0 Å². The molecule has 18 heavy (non-hydrogen) atoms. The third kappa shape index (κ3) is 5.29. The van der Waals surface area contributed by atoms with Crippen molar-refractivity contribution >= 4 is 17.5 Å². The normalized spacial score (nSPS) is 12.3. The summed E-state index contributed by atoms with van der Waals surface area (Å²) in [4.78, 5) is 11.2. The number of halogens is 3. The predicted molar refractivity (Wildman–Crippen MR) is 62.0 cm³/mol. The van der Waals surface area contributed by atoms with E-state index in [0.29, 0.717) is 10.8 Å². The number of rotatable bonds is 6. The van der Waals surface area contributed by atoms with Crippen molar-refractivity contribution in [3.63, 3.8) is 0 Å². The maximum Gasteiger partial charge on any atom is 0.265 e. The minimum atomic E-state index is -2.89. The van der Waals surface area contributed by atoms with Gasteiger partial charge in [0.25, 0.3) is 12.3 Å². The number of aliphatic hydroxyl groups excluding tert-OH is 1. The van der Waals surface area contributed by atoms with E-state index in [9.17, 15) is 13.6 Å². The van der Waals surface area contributed by atoms with Crippen LogP contribution in [0.5, 0.6) is 5.75 Å². The van der Waals surface area contributed by atoms with Gasteiger partial charge in [-0.05, 0) is 18.2 Å². The molecule has 0 aliphatic carbocycles. The summed E-state index contributed by atoms with van der Waals surface area (Å²) in [6, 6.07) is 6.42. The molecule has 0 saturated heterocycles. The van der Waals surface area contributed by atoms with Crippen LogP contribution >= 0.6 is 11.6 Å². The number of carbonyl (C=O) groups excluding carboxylic acids is 1. The molecule has 0 radical (unpaired) electrons. The molecule has 1 unspecified atom stereocenters. The number of benzene rings is 1. The first-order valence-corrected chi connectivity index (χ1v) is 5.48. The fraction of sp³-hybridized carbons (Fsp3) is 0.364. The van der Waals surface area contributed by atoms with Crippen LogP contribution in [0.4, 0.5) is 8.78 Å². The molecule has 0 bridgehead atoms. The van der Waals surface area contributed by atoms with Crippen LogP contribution in [0.2, 0.25) is 5.02 Å². The molecule has 0 heterocycles. The Morgan fingerprint density at radius 3 is 2.83 bits per heavy atom. The second-order valence-corrected chi connectivity index (χ2v) is 3.89. The molecule has 0 saturated carbocycles. The van der Waals surface area contributed by atoms with Gasteiger partial charge in [-0.2, -0.15) is 0 Å². The maximum atomic E-state index is 11.9. The van der Waals surface area contributed by atoms with E-state index < -0.39 is 25.0 Å². The van der Waals surface area contributed by atoms with E-state index in [1.165, 1.54) is 6.07 Å². The molecule has 100 valence electrons. The number of hydrogen-bond acceptors (Lipinski definition) is 3. The molecule has 1 rings (SSSR count). The van der Waals surface area contributed by atoms with E-state index in [1.807, 2.05) is 0 Å². The maximum absolute atomic E-state index is 11.9. The molecule has 1 aromatic carbocycles. The first kappa shape index (κ1) is 14.7. The lowest BCUT2D eigenvalue weighted by Gasteiger charge is -2.11. The highest BCUT2D eigenvalue weighted by molar-refractivity contribution is 6.30. The highest BCUT2D eigenvalue weighted by Gasteiger charge is 2.17. The summed E-state index contributed by atoms with van der Waals surface area (Å²) >= 11 is 5.70. The molecule has 0 spiro atoms. The molecule has 2 N–H and O–H groups in total. The summed E-state index contributed by atoms with van der Waals surface area (Å²) in [7, 11) is 0. The molecular weight excluding hydrogens is 268 g/mol. The van der Waals surface area contributed by atoms with Gasteiger partial charge in [0.05, 0.1) is 0 Å². The third-order valence-electron chi connectivity index (χ3n) is 1.97. The summed E-state index contributed by atoms with van der Waals surface area (Å²) < 4.78 is 28.9. The van der Waals surface area contributed by atoms with E-state index in [4.69, 9.17) is 21.4 Å². The summed E-state index contributed by atoms with van der Waals surface area (Å²) in [6.07, 6.45) is -4.76. The van der Waals surface area contributed by atoms with Crippen LogP contribution in [0, 0.1) is 0 Å². The Hall–Kier alpha value is -1.40. The molecule has 4 nitrogen and oxygen atoms in total. The minimum absolute atomic E-state index is 0.337. The van der Waals surface area contributed by atoms with Gasteiger partial charge >= 0.3 is 0 Å². The summed E-state index contributed by atoms with van der Waals surface area (Å²) in [5, 5.41) is 11.4. The Morgan fingerprint density at radius 1 is 1.50 bits per heavy atom. The third-order valence-corrected chi connectivity index (χ3v) is 2.20. The molecular formula is C11H12ClF2NO3. The smallest absolute Gasteiger partial charge is 0.265 e. The van der Waals surface area contributed by atoms with Gasteiger partial charge in [-0.3, -0.25) is 4.79 Å². The number of nitrogens with one attached hydrogen (secondary N) is 1. The molecule has 1 aromatic rings. The second kappa shape index (κ2) is 7.13. The van der Waals surface area contributed by atoms with Gasteiger partial charge in [0.2, 0.25) is 0 Å². The van der Waals surface area contributed by atoms with Crippen LogP contribution in [-0.4, -0.2) is 36.7 Å². The van der Waals surface area contributed by atoms with E-state index in [0.717, 1.165) is 0 Å². The monoisotopic (exact) mass is 279 g/mol. The highest BCUT2D eigenvalue weighted by Crippen LogP contribution is 2.16. The van der Waals surface area contributed by atoms with Crippen molar-refractivity contribution in [3.05, 3.63) is 29.3 Å². The van der Waals surface area contributed by atoms with Gasteiger partial charge in [0.1, 0.15) is 11.9 Å². The SMILES string of the molecule is O=C(COc1cccc(Cl)c1)NCC(O)C(F)F. The number of alkyl halides is 2. The number of amides is 1. The first-order chi connectivity index (χ1) is 8.49. The van der Waals surface area contributed by atoms with Crippen molar-refractivity contribution in [2.24, 2.45) is 0 Å². The zero-order valence-corrected chi connectivity index (χ0v) is 10.0. The van der Waals surface area contributed by atoms with Crippen LogP contribution in [0.15, 0.2) is 24.3 Å². The van der Waals surface area contributed by atoms with E-state index in [1.54, 1.807) is 18.2 Å². The van der Waals surface area contributed by atoms with Crippen LogP contribution in [0.1, 0.15) is 0 Å². The van der Waals surface area contributed by atoms with E-state index in [2.05, 4.69) is 5.32 Å². The quantitative estimate of drug-likeness (QED) is 0.829. The van der Waals surface area contributed by atoms with Gasteiger partial charge < -0.3 is 15.2 Å². The van der Waals surface area contributed by atoms with Crippen LogP contribution in [0.25, 0.3) is 0 Å². The molecule has 0 fully saturated rings. The van der Waals surface area contributed by atoms with Gasteiger partial charge in [-0.15, -0.1) is 0 Å². The van der Waals surface area contributed by atoms with Crippen molar-refractivity contribution in [1.82, 2.24) is 5.32 Å². The predicted octanol–water partition coefficient (Wildman–Crippen LogP) is 1.46. The Labute approximate surface area is 108 Å². The largest absolute Gasteiger partial charge is 0.484 e. The fourth-order valence-electron chi connectivity index (χ4n) is 1.06. The second-order valence-electron chi connectivity index (χ2n) is 3.45. The van der Waals surface area contributed by atoms with Gasteiger partial charge in [-0.25, -0.2) is 8.78 Å². The first-order valence-electron chi connectivity index (χ1n) is 5.10. The van der Waals surface area contributed by atoms with Gasteiger partial charge in [0, 0.05) is 11.6 Å². The molecule has 1 atom stereocenters. The van der Waals surface area contributed by atoms with Gasteiger partial charge in [-0.1, -0.05) is 17.7 Å². The van der Waals surface area contributed by atoms with Crippen molar-refractivity contribution in [2.45, 2.75) is 12.5 Å². The number of ether oxygens (including phenoxy) is 1. The topological polar surface area (TPSA) is 58.6 Å². The minimum Gasteiger partial charge on any atom is -0.484 e. The van der Waals surface area contributed by atoms with E-state index in [-0.39, 0.29) is 6.61 Å². The zero-order valence-electron chi connectivity index (χ0n) is 9.28. The zero-order chi connectivity index (χ0) is 13.5. The summed E-state index contributed by atoms with van der Waals surface area (Å²) in [6.45, 7) is -0.855. The summed E-state index contributed by atoms with van der Waals surface area (Å²) in [5.74, 6) is -0.207. The lowest BCUT2D eigenvalue weighted by atomic mass is 10.3. The number of carbonyl (C=O) groups is 1. The molecule has 0 aliphatic rings. The Bertz CT molecular complexity index is 404. The van der Waals surface area contributed by atoms with Crippen molar-refractivity contribution in [2.75, 3.05) is 13.2 Å². The van der Waals surface area contributed by atoms with Crippen molar-refractivity contribution in [3.8, 4) is 5.75 Å². The average Bonchev–Trinajstić information content (AvgIpc) is 2.33. The number of aliphatic hydroxyl groups is 1. The standard InChI is InChI=1S/C11H12ClF2NO3/c12-7-2-1-3-8(4-7)18-6-10(17)15-5-9(16)11(13)14/h1-4,9,11,16H,5-6H2,(H,15,17). The summed E-state index contributed by atoms with van der Waals surface area (Å²) in [5.41, 5.74) is 0. The molecule has 0 aliphatic heterocycles. The van der Waals surface area contributed by atoms with Crippen molar-refractivity contribution < 1.29 is 23.4 Å². The van der Waals surface area contributed by atoms with Crippen LogP contribution < -0.4 is 10.1 Å². The lowest BCUT2D eigenvalue weighted by Crippen LogP contribution is -2.38. The average molecular weight is 280 g/mol. The van der Waals surface area contributed by atoms with Crippen molar-refractivity contribution in [1.29, 1.82) is 0 Å². The van der Waals surface area contributed by atoms with Crippen LogP contribution in [-0.2, 0) is 4.79 Å². The number of hydrogen-bond donors (Lipinski definition) is 2. The molecule has 7 heteroatoms. The Morgan fingerprint density at radius 2 is 2.22 bits per heavy atom. The molecule has 1 amide bonds. The Balaban J connectivity index is 2.29.